The molecule has 0 unspecified atom stereocenters. The number of β-lactam (4-membered cyclic amide) rings is 1. The first-order chi connectivity index (χ1) is 12.8. The summed E-state index contributed by atoms with van der Waals surface area (Å²) in [5, 5.41) is 21.8. The van der Waals surface area contributed by atoms with E-state index in [1.54, 1.807) is 0 Å². The molecule has 27 heavy (non-hydrogen) atoms. The van der Waals surface area contributed by atoms with E-state index in [1.165, 1.54) is 29.3 Å². The Labute approximate surface area is 160 Å². The van der Waals surface area contributed by atoms with E-state index in [-0.39, 0.29) is 22.1 Å². The highest BCUT2D eigenvalue weighted by atomic mass is 32.2. The van der Waals surface area contributed by atoms with Crippen molar-refractivity contribution in [3.63, 3.8) is 0 Å². The number of carboxylic acid groups (broad SMARTS) is 2. The summed E-state index contributed by atoms with van der Waals surface area (Å²) in [5.41, 5.74) is 5.66. The molecule has 0 saturated carbocycles. The molecule has 2 aliphatic rings. The van der Waals surface area contributed by atoms with Crippen LogP contribution in [0.3, 0.4) is 0 Å². The van der Waals surface area contributed by atoms with E-state index >= 15 is 0 Å². The SMILES string of the molecule is Nc1nc(/C(=C\CC(=O)O)C(=O)N[C@@H]2C(=O)N3C(C(=O)O)=CCS[C@@H]23)cs1. The van der Waals surface area contributed by atoms with E-state index in [4.69, 9.17) is 15.9 Å². The van der Waals surface area contributed by atoms with Crippen molar-refractivity contribution in [2.24, 2.45) is 0 Å². The monoisotopic (exact) mass is 410 g/mol. The average Bonchev–Trinajstić information content (AvgIpc) is 3.04. The van der Waals surface area contributed by atoms with Crippen molar-refractivity contribution in [1.82, 2.24) is 15.2 Å². The van der Waals surface area contributed by atoms with Crippen LogP contribution in [0.15, 0.2) is 23.2 Å². The lowest BCUT2D eigenvalue weighted by Crippen LogP contribution is -2.70. The van der Waals surface area contributed by atoms with Crippen molar-refractivity contribution in [2.75, 3.05) is 11.5 Å². The molecule has 1 aromatic rings. The third-order valence-electron chi connectivity index (χ3n) is 3.88. The molecule has 12 heteroatoms. The fraction of sp³-hybridized carbons (Fsp3) is 0.267. The summed E-state index contributed by atoms with van der Waals surface area (Å²) in [7, 11) is 0. The Kier molecular flexibility index (Phi) is 5.19. The van der Waals surface area contributed by atoms with Crippen LogP contribution >= 0.6 is 23.1 Å². The maximum Gasteiger partial charge on any atom is 0.352 e. The summed E-state index contributed by atoms with van der Waals surface area (Å²) in [6.07, 6.45) is 2.23. The Balaban J connectivity index is 1.78. The minimum atomic E-state index is -1.21. The molecule has 5 N–H and O–H groups in total. The van der Waals surface area contributed by atoms with Crippen LogP contribution in [-0.2, 0) is 19.2 Å². The van der Waals surface area contributed by atoms with Gasteiger partial charge in [-0.1, -0.05) is 6.08 Å². The molecular formula is C15H14N4O6S2. The van der Waals surface area contributed by atoms with Gasteiger partial charge in [-0.2, -0.15) is 0 Å². The van der Waals surface area contributed by atoms with Crippen molar-refractivity contribution >= 4 is 57.6 Å². The minimum absolute atomic E-state index is 0.00795. The molecule has 1 aromatic heterocycles. The van der Waals surface area contributed by atoms with Crippen molar-refractivity contribution in [3.8, 4) is 0 Å². The highest BCUT2D eigenvalue weighted by Crippen LogP contribution is 2.37. The lowest BCUT2D eigenvalue weighted by atomic mass is 10.0. The van der Waals surface area contributed by atoms with Crippen LogP contribution in [0.2, 0.25) is 0 Å². The zero-order valence-corrected chi connectivity index (χ0v) is 15.2. The predicted molar refractivity (Wildman–Crippen MR) is 97.5 cm³/mol. The lowest BCUT2D eigenvalue weighted by molar-refractivity contribution is -0.150. The van der Waals surface area contributed by atoms with Gasteiger partial charge < -0.3 is 21.3 Å². The summed E-state index contributed by atoms with van der Waals surface area (Å²) >= 11 is 2.41. The minimum Gasteiger partial charge on any atom is -0.481 e. The number of rotatable bonds is 6. The Morgan fingerprint density at radius 1 is 1.41 bits per heavy atom. The molecule has 2 aliphatic heterocycles. The Morgan fingerprint density at radius 3 is 2.74 bits per heavy atom. The van der Waals surface area contributed by atoms with Crippen LogP contribution in [0.1, 0.15) is 12.1 Å². The maximum absolute atomic E-state index is 12.6. The van der Waals surface area contributed by atoms with Gasteiger partial charge >= 0.3 is 11.9 Å². The van der Waals surface area contributed by atoms with E-state index in [9.17, 15) is 19.2 Å². The van der Waals surface area contributed by atoms with Crippen LogP contribution < -0.4 is 11.1 Å². The fourth-order valence-corrected chi connectivity index (χ4v) is 4.43. The second kappa shape index (κ2) is 7.40. The number of amides is 2. The smallest absolute Gasteiger partial charge is 0.352 e. The van der Waals surface area contributed by atoms with Gasteiger partial charge in [0.25, 0.3) is 11.8 Å². The predicted octanol–water partition coefficient (Wildman–Crippen LogP) is -0.0482. The van der Waals surface area contributed by atoms with E-state index in [2.05, 4.69) is 10.3 Å². The van der Waals surface area contributed by atoms with Crippen LogP contribution in [0, 0.1) is 0 Å². The number of fused-ring (bicyclic) bond motifs is 1. The second-order valence-electron chi connectivity index (χ2n) is 5.56. The van der Waals surface area contributed by atoms with Gasteiger partial charge in [0.15, 0.2) is 5.13 Å². The zero-order valence-electron chi connectivity index (χ0n) is 13.6. The number of carboxylic acids is 2. The Hall–Kier alpha value is -2.86. The van der Waals surface area contributed by atoms with Crippen LogP contribution in [0.4, 0.5) is 5.13 Å². The number of nitrogens with two attached hydrogens (primary N) is 1. The van der Waals surface area contributed by atoms with Crippen molar-refractivity contribution in [1.29, 1.82) is 0 Å². The molecule has 0 radical (unpaired) electrons. The normalized spacial score (nSPS) is 21.8. The van der Waals surface area contributed by atoms with E-state index in [1.807, 2.05) is 0 Å². The average molecular weight is 410 g/mol. The Bertz CT molecular complexity index is 893. The van der Waals surface area contributed by atoms with Gasteiger partial charge in [-0.15, -0.1) is 23.1 Å². The summed E-state index contributed by atoms with van der Waals surface area (Å²) in [4.78, 5) is 52.1. The molecule has 10 nitrogen and oxygen atoms in total. The van der Waals surface area contributed by atoms with Gasteiger partial charge in [0.05, 0.1) is 17.7 Å². The van der Waals surface area contributed by atoms with E-state index in [0.717, 1.165) is 16.2 Å². The maximum atomic E-state index is 12.6. The summed E-state index contributed by atoms with van der Waals surface area (Å²) < 4.78 is 0. The molecule has 1 saturated heterocycles. The van der Waals surface area contributed by atoms with Crippen LogP contribution in [0.25, 0.3) is 5.57 Å². The molecule has 2 atom stereocenters. The molecular weight excluding hydrogens is 396 g/mol. The third kappa shape index (κ3) is 3.66. The molecule has 3 heterocycles. The van der Waals surface area contributed by atoms with Crippen molar-refractivity contribution < 1.29 is 29.4 Å². The zero-order chi connectivity index (χ0) is 19.7. The van der Waals surface area contributed by atoms with Crippen LogP contribution in [-0.4, -0.2) is 61.0 Å². The molecule has 0 bridgehead atoms. The molecule has 1 fully saturated rings. The largest absolute Gasteiger partial charge is 0.481 e. The fourth-order valence-electron chi connectivity index (χ4n) is 2.67. The quantitative estimate of drug-likeness (QED) is 0.372. The second-order valence-corrected chi connectivity index (χ2v) is 7.60. The summed E-state index contributed by atoms with van der Waals surface area (Å²) in [5.74, 6) is -3.16. The van der Waals surface area contributed by atoms with Gasteiger partial charge in [0.2, 0.25) is 0 Å². The number of carbonyl (C=O) groups is 4. The number of nitrogens with one attached hydrogen (secondary N) is 1. The number of hydrogen-bond donors (Lipinski definition) is 4. The summed E-state index contributed by atoms with van der Waals surface area (Å²) in [6.45, 7) is 0. The number of thioether (sulfide) groups is 1. The molecule has 0 aromatic carbocycles. The van der Waals surface area contributed by atoms with Crippen molar-refractivity contribution in [3.05, 3.63) is 28.9 Å². The number of hydrogen-bond acceptors (Lipinski definition) is 8. The van der Waals surface area contributed by atoms with Gasteiger partial charge in [-0.25, -0.2) is 9.78 Å². The first-order valence-corrected chi connectivity index (χ1v) is 9.54. The van der Waals surface area contributed by atoms with Gasteiger partial charge in [0.1, 0.15) is 17.1 Å². The standard InChI is InChI=1S/C15H14N4O6S2/c16-15-17-7(5-27-15)6(1-2-9(20)21)11(22)18-10-12(23)19-8(14(24)25)3-4-26-13(10)19/h1,3,5,10,13H,2,4H2,(H2,16,17)(H,18,22)(H,20,21)(H,24,25)/b6-1+/t10-,13+/m1/s1. The number of nitrogens with zero attached hydrogens (tertiary/aromatic N) is 2. The van der Waals surface area contributed by atoms with Crippen molar-refractivity contribution in [2.45, 2.75) is 17.8 Å². The number of anilines is 1. The summed E-state index contributed by atoms with van der Waals surface area (Å²) in [6, 6.07) is -0.908. The number of carbonyl (C=O) groups excluding carboxylic acids is 2. The van der Waals surface area contributed by atoms with Gasteiger partial charge in [-0.05, 0) is 6.08 Å². The molecule has 2 amide bonds. The first kappa shape index (κ1) is 18.9. The van der Waals surface area contributed by atoms with Crippen LogP contribution in [0.5, 0.6) is 0 Å². The molecule has 0 aliphatic carbocycles. The topological polar surface area (TPSA) is 163 Å². The molecule has 0 spiro atoms. The van der Waals surface area contributed by atoms with E-state index in [0.29, 0.717) is 5.75 Å². The molecule has 3 rings (SSSR count). The molecule has 142 valence electrons. The number of nitrogen functional groups attached to an aromatic ring is 1. The number of aliphatic carboxylic acids is 2. The Morgan fingerprint density at radius 2 is 2.15 bits per heavy atom. The number of aromatic nitrogens is 1. The lowest BCUT2D eigenvalue weighted by Gasteiger charge is -2.48. The number of thiazole rings is 1. The highest BCUT2D eigenvalue weighted by Gasteiger charge is 2.52. The van der Waals surface area contributed by atoms with Gasteiger partial charge in [0, 0.05) is 11.1 Å². The van der Waals surface area contributed by atoms with Gasteiger partial charge in [-0.3, -0.25) is 19.3 Å². The third-order valence-corrected chi connectivity index (χ3v) is 5.73. The first-order valence-electron chi connectivity index (χ1n) is 7.62. The van der Waals surface area contributed by atoms with E-state index < -0.39 is 41.6 Å². The highest BCUT2D eigenvalue weighted by molar-refractivity contribution is 8.00.